The average molecular weight is 604 g/mol. The summed E-state index contributed by atoms with van der Waals surface area (Å²) in [6, 6.07) is 19.0. The largest absolute Gasteiger partial charge is 0.494 e. The maximum atomic E-state index is 12.6. The van der Waals surface area contributed by atoms with Crippen LogP contribution in [0.2, 0.25) is 0 Å². The lowest BCUT2D eigenvalue weighted by Gasteiger charge is -2.13. The topological polar surface area (TPSA) is 86.2 Å². The van der Waals surface area contributed by atoms with Crippen LogP contribution in [0.1, 0.15) is 36.2 Å². The summed E-state index contributed by atoms with van der Waals surface area (Å²) in [6.07, 6.45) is 1.53. The lowest BCUT2D eigenvalue weighted by atomic mass is 10.2. The third kappa shape index (κ3) is 8.22. The molecule has 0 aromatic heterocycles. The van der Waals surface area contributed by atoms with Crippen molar-refractivity contribution in [1.82, 2.24) is 5.43 Å². The van der Waals surface area contributed by atoms with Gasteiger partial charge in [0, 0.05) is 14.5 Å². The number of benzene rings is 3. The molecule has 9 heteroatoms. The number of carbonyl (C=O) groups is 2. The summed E-state index contributed by atoms with van der Waals surface area (Å²) in [5, 5.41) is 4.00. The zero-order valence-corrected chi connectivity index (χ0v) is 22.3. The van der Waals surface area contributed by atoms with Crippen LogP contribution in [0.15, 0.2) is 80.8 Å². The minimum absolute atomic E-state index is 0.293. The van der Waals surface area contributed by atoms with Crippen molar-refractivity contribution in [3.63, 3.8) is 0 Å². The van der Waals surface area contributed by atoms with E-state index in [0.29, 0.717) is 35.0 Å². The van der Waals surface area contributed by atoms with Crippen molar-refractivity contribution in [3.8, 4) is 17.2 Å². The van der Waals surface area contributed by atoms with Gasteiger partial charge in [-0.1, -0.05) is 38.8 Å². The van der Waals surface area contributed by atoms with Gasteiger partial charge in [0.15, 0.2) is 6.10 Å². The van der Waals surface area contributed by atoms with E-state index in [0.717, 1.165) is 15.4 Å². The minimum atomic E-state index is -0.766. The van der Waals surface area contributed by atoms with Gasteiger partial charge in [0.2, 0.25) is 0 Å². The molecule has 0 aliphatic carbocycles. The Balaban J connectivity index is 1.62. The van der Waals surface area contributed by atoms with Crippen LogP contribution in [-0.4, -0.2) is 30.8 Å². The number of amides is 1. The molecule has 3 rings (SSSR count). The lowest BCUT2D eigenvalue weighted by molar-refractivity contribution is -0.127. The Labute approximate surface area is 220 Å². The first kappa shape index (κ1) is 26.4. The van der Waals surface area contributed by atoms with Crippen molar-refractivity contribution >= 4 is 50.0 Å². The Morgan fingerprint density at radius 2 is 1.63 bits per heavy atom. The number of ether oxygens (including phenoxy) is 3. The molecule has 1 unspecified atom stereocenters. The summed E-state index contributed by atoms with van der Waals surface area (Å²) < 4.78 is 18.4. The van der Waals surface area contributed by atoms with Gasteiger partial charge < -0.3 is 14.2 Å². The van der Waals surface area contributed by atoms with E-state index in [1.165, 1.54) is 6.21 Å². The highest BCUT2D eigenvalue weighted by Gasteiger charge is 2.15. The average Bonchev–Trinajstić information content (AvgIpc) is 2.85. The monoisotopic (exact) mass is 602 g/mol. The van der Waals surface area contributed by atoms with Gasteiger partial charge >= 0.3 is 5.97 Å². The zero-order valence-electron chi connectivity index (χ0n) is 19.2. The summed E-state index contributed by atoms with van der Waals surface area (Å²) >= 11 is 6.75. The summed E-state index contributed by atoms with van der Waals surface area (Å²) in [6.45, 7) is 4.25. The standard InChI is InChI=1S/C26H24Br2N2O5/c1-3-14-33-22-9-4-18(5-10-22)26(32)35-24-13-8-21(28)15-19(24)16-29-30-25(31)17(2)34-23-11-6-20(27)7-12-23/h4-13,15-17H,3,14H2,1-2H3,(H,30,31)/b29-16+. The molecule has 0 saturated heterocycles. The van der Waals surface area contributed by atoms with Gasteiger partial charge in [0.25, 0.3) is 5.91 Å². The fraction of sp³-hybridized carbons (Fsp3) is 0.192. The predicted molar refractivity (Wildman–Crippen MR) is 141 cm³/mol. The van der Waals surface area contributed by atoms with E-state index in [4.69, 9.17) is 14.2 Å². The third-order valence-electron chi connectivity index (χ3n) is 4.61. The van der Waals surface area contributed by atoms with Crippen LogP contribution in [0.3, 0.4) is 0 Å². The van der Waals surface area contributed by atoms with Crippen LogP contribution in [0.4, 0.5) is 0 Å². The summed E-state index contributed by atoms with van der Waals surface area (Å²) in [7, 11) is 0. The van der Waals surface area contributed by atoms with Gasteiger partial charge in [-0.25, -0.2) is 10.2 Å². The minimum Gasteiger partial charge on any atom is -0.494 e. The van der Waals surface area contributed by atoms with Gasteiger partial charge in [-0.15, -0.1) is 0 Å². The normalized spacial score (nSPS) is 11.7. The van der Waals surface area contributed by atoms with Crippen molar-refractivity contribution in [2.45, 2.75) is 26.4 Å². The highest BCUT2D eigenvalue weighted by Crippen LogP contribution is 2.23. The van der Waals surface area contributed by atoms with E-state index >= 15 is 0 Å². The zero-order chi connectivity index (χ0) is 25.2. The SMILES string of the molecule is CCCOc1ccc(C(=O)Oc2ccc(Br)cc2/C=N/NC(=O)C(C)Oc2ccc(Br)cc2)cc1. The van der Waals surface area contributed by atoms with Gasteiger partial charge in [0.05, 0.1) is 18.4 Å². The van der Waals surface area contributed by atoms with E-state index in [1.807, 2.05) is 19.1 Å². The molecule has 1 atom stereocenters. The molecule has 0 aliphatic rings. The number of carbonyl (C=O) groups excluding carboxylic acids is 2. The lowest BCUT2D eigenvalue weighted by Crippen LogP contribution is -2.33. The Bertz CT molecular complexity index is 1180. The first-order valence-corrected chi connectivity index (χ1v) is 12.4. The van der Waals surface area contributed by atoms with E-state index < -0.39 is 18.0 Å². The van der Waals surface area contributed by atoms with Gasteiger partial charge in [-0.3, -0.25) is 4.79 Å². The quantitative estimate of drug-likeness (QED) is 0.130. The summed E-state index contributed by atoms with van der Waals surface area (Å²) in [5.74, 6) is 0.592. The van der Waals surface area contributed by atoms with Gasteiger partial charge in [-0.2, -0.15) is 5.10 Å². The molecule has 0 radical (unpaired) electrons. The molecule has 0 bridgehead atoms. The highest BCUT2D eigenvalue weighted by atomic mass is 79.9. The Morgan fingerprint density at radius 1 is 0.971 bits per heavy atom. The van der Waals surface area contributed by atoms with E-state index in [2.05, 4.69) is 42.4 Å². The Hall–Kier alpha value is -3.17. The number of nitrogens with zero attached hydrogens (tertiary/aromatic N) is 1. The van der Waals surface area contributed by atoms with Crippen molar-refractivity contribution in [2.75, 3.05) is 6.61 Å². The van der Waals surface area contributed by atoms with E-state index in [9.17, 15) is 9.59 Å². The maximum Gasteiger partial charge on any atom is 0.343 e. The van der Waals surface area contributed by atoms with Crippen molar-refractivity contribution in [3.05, 3.63) is 86.8 Å². The van der Waals surface area contributed by atoms with Crippen LogP contribution < -0.4 is 19.6 Å². The number of halogens is 2. The fourth-order valence-electron chi connectivity index (χ4n) is 2.81. The number of nitrogens with one attached hydrogen (secondary N) is 1. The molecule has 0 spiro atoms. The molecular weight excluding hydrogens is 580 g/mol. The van der Waals surface area contributed by atoms with Crippen LogP contribution in [0, 0.1) is 0 Å². The molecular formula is C26H24Br2N2O5. The van der Waals surface area contributed by atoms with Crippen LogP contribution >= 0.6 is 31.9 Å². The van der Waals surface area contributed by atoms with Gasteiger partial charge in [0.1, 0.15) is 17.2 Å². The fourth-order valence-corrected chi connectivity index (χ4v) is 3.45. The van der Waals surface area contributed by atoms with Gasteiger partial charge in [-0.05, 0) is 80.1 Å². The molecule has 7 nitrogen and oxygen atoms in total. The summed E-state index contributed by atoms with van der Waals surface area (Å²) in [4.78, 5) is 25.0. The van der Waals surface area contributed by atoms with Crippen LogP contribution in [0.5, 0.6) is 17.2 Å². The second-order valence-corrected chi connectivity index (χ2v) is 9.22. The highest BCUT2D eigenvalue weighted by molar-refractivity contribution is 9.10. The number of rotatable bonds is 10. The first-order valence-electron chi connectivity index (χ1n) is 10.9. The second-order valence-electron chi connectivity index (χ2n) is 7.39. The molecule has 0 aliphatic heterocycles. The van der Waals surface area contributed by atoms with E-state index in [-0.39, 0.29) is 0 Å². The Kier molecular flexibility index (Phi) is 9.86. The van der Waals surface area contributed by atoms with E-state index in [1.54, 1.807) is 61.5 Å². The Morgan fingerprint density at radius 3 is 2.31 bits per heavy atom. The number of esters is 1. The van der Waals surface area contributed by atoms with Crippen LogP contribution in [-0.2, 0) is 4.79 Å². The molecule has 35 heavy (non-hydrogen) atoms. The molecule has 3 aromatic rings. The molecule has 1 amide bonds. The molecule has 182 valence electrons. The van der Waals surface area contributed by atoms with Crippen LogP contribution in [0.25, 0.3) is 0 Å². The van der Waals surface area contributed by atoms with Crippen molar-refractivity contribution in [1.29, 1.82) is 0 Å². The van der Waals surface area contributed by atoms with Crippen molar-refractivity contribution in [2.24, 2.45) is 5.10 Å². The third-order valence-corrected chi connectivity index (χ3v) is 5.63. The number of hydrazone groups is 1. The second kappa shape index (κ2) is 13.1. The molecule has 3 aromatic carbocycles. The predicted octanol–water partition coefficient (Wildman–Crippen LogP) is 6.14. The number of hydrogen-bond acceptors (Lipinski definition) is 6. The first-order chi connectivity index (χ1) is 16.9. The molecule has 0 saturated carbocycles. The molecule has 1 N–H and O–H groups in total. The number of hydrogen-bond donors (Lipinski definition) is 1. The smallest absolute Gasteiger partial charge is 0.343 e. The maximum absolute atomic E-state index is 12.6. The van der Waals surface area contributed by atoms with Crippen molar-refractivity contribution < 1.29 is 23.8 Å². The molecule has 0 fully saturated rings. The molecule has 0 heterocycles. The summed E-state index contributed by atoms with van der Waals surface area (Å²) in [5.41, 5.74) is 3.32.